The average Bonchev–Trinajstić information content (AvgIpc) is 2.42. The van der Waals surface area contributed by atoms with Crippen LogP contribution in [-0.4, -0.2) is 0 Å². The monoisotopic (exact) mass is 399 g/mol. The fourth-order valence-electron chi connectivity index (χ4n) is 2.43. The van der Waals surface area contributed by atoms with Crippen LogP contribution < -0.4 is 10.5 Å². The lowest BCUT2D eigenvalue weighted by atomic mass is 9.93. The average molecular weight is 401 g/mol. The number of ether oxygens (including phenoxy) is 1. The highest BCUT2D eigenvalue weighted by Gasteiger charge is 2.29. The van der Waals surface area contributed by atoms with Gasteiger partial charge in [0, 0.05) is 32.5 Å². The minimum atomic E-state index is -0.365. The van der Waals surface area contributed by atoms with Crippen molar-refractivity contribution in [3.63, 3.8) is 0 Å². The van der Waals surface area contributed by atoms with Crippen molar-refractivity contribution >= 4 is 31.9 Å². The van der Waals surface area contributed by atoms with Crippen molar-refractivity contribution in [2.75, 3.05) is 0 Å². The quantitative estimate of drug-likeness (QED) is 0.740. The van der Waals surface area contributed by atoms with Crippen LogP contribution in [0.1, 0.15) is 29.7 Å². The van der Waals surface area contributed by atoms with Gasteiger partial charge in [0.15, 0.2) is 0 Å². The maximum atomic E-state index is 14.0. The molecule has 2 atom stereocenters. The van der Waals surface area contributed by atoms with Gasteiger partial charge < -0.3 is 10.5 Å². The molecule has 1 aliphatic heterocycles. The zero-order valence-electron chi connectivity index (χ0n) is 10.4. The number of rotatable bonds is 1. The van der Waals surface area contributed by atoms with E-state index in [0.717, 1.165) is 20.3 Å². The standard InChI is InChI=1S/C15H12Br2FNO/c16-8-1-3-12(18)10(5-8)15-7-13(19)11-6-9(17)2-4-14(11)20-15/h1-6,13,15H,7,19H2/t13-,15?/m1/s1. The van der Waals surface area contributed by atoms with Gasteiger partial charge in [0.2, 0.25) is 0 Å². The molecule has 2 N–H and O–H groups in total. The number of fused-ring (bicyclic) bond motifs is 1. The van der Waals surface area contributed by atoms with Gasteiger partial charge >= 0.3 is 0 Å². The lowest BCUT2D eigenvalue weighted by Crippen LogP contribution is -2.24. The maximum Gasteiger partial charge on any atom is 0.130 e. The summed E-state index contributed by atoms with van der Waals surface area (Å²) in [4.78, 5) is 0. The zero-order valence-corrected chi connectivity index (χ0v) is 13.6. The highest BCUT2D eigenvalue weighted by molar-refractivity contribution is 9.10. The van der Waals surface area contributed by atoms with Gasteiger partial charge in [-0.3, -0.25) is 0 Å². The van der Waals surface area contributed by atoms with Crippen molar-refractivity contribution in [2.45, 2.75) is 18.6 Å². The van der Waals surface area contributed by atoms with Gasteiger partial charge in [-0.15, -0.1) is 0 Å². The SMILES string of the molecule is N[C@@H]1CC(c2cc(Br)ccc2F)Oc2ccc(Br)cc21. The Morgan fingerprint density at radius 1 is 1.05 bits per heavy atom. The molecule has 20 heavy (non-hydrogen) atoms. The Balaban J connectivity index is 1.99. The van der Waals surface area contributed by atoms with Crippen molar-refractivity contribution in [1.29, 1.82) is 0 Å². The summed E-state index contributed by atoms with van der Waals surface area (Å²) < 4.78 is 21.7. The fourth-order valence-corrected chi connectivity index (χ4v) is 3.18. The van der Waals surface area contributed by atoms with Crippen molar-refractivity contribution in [3.05, 3.63) is 62.3 Å². The van der Waals surface area contributed by atoms with Gasteiger partial charge in [-0.05, 0) is 36.4 Å². The molecule has 2 aromatic carbocycles. The fraction of sp³-hybridized carbons (Fsp3) is 0.200. The van der Waals surface area contributed by atoms with Gasteiger partial charge in [-0.2, -0.15) is 0 Å². The van der Waals surface area contributed by atoms with E-state index in [1.165, 1.54) is 6.07 Å². The predicted molar refractivity (Wildman–Crippen MR) is 83.2 cm³/mol. The first-order valence-electron chi connectivity index (χ1n) is 6.21. The molecule has 1 heterocycles. The molecule has 0 fully saturated rings. The summed E-state index contributed by atoms with van der Waals surface area (Å²) >= 11 is 6.78. The zero-order chi connectivity index (χ0) is 14.3. The smallest absolute Gasteiger partial charge is 0.130 e. The molecule has 0 bridgehead atoms. The third kappa shape index (κ3) is 2.62. The Morgan fingerprint density at radius 3 is 2.45 bits per heavy atom. The Bertz CT molecular complexity index is 662. The van der Waals surface area contributed by atoms with Crippen LogP contribution in [0.25, 0.3) is 0 Å². The largest absolute Gasteiger partial charge is 0.485 e. The molecule has 0 radical (unpaired) electrons. The molecular weight excluding hydrogens is 389 g/mol. The number of hydrogen-bond acceptors (Lipinski definition) is 2. The third-order valence-electron chi connectivity index (χ3n) is 3.41. The van der Waals surface area contributed by atoms with E-state index in [-0.39, 0.29) is 18.0 Å². The second kappa shape index (κ2) is 5.47. The van der Waals surface area contributed by atoms with Gasteiger partial charge in [-0.25, -0.2) is 4.39 Å². The molecule has 1 aliphatic rings. The summed E-state index contributed by atoms with van der Waals surface area (Å²) in [5, 5.41) is 0. The Morgan fingerprint density at radius 2 is 1.70 bits per heavy atom. The number of hydrogen-bond donors (Lipinski definition) is 1. The number of nitrogens with two attached hydrogens (primary N) is 1. The van der Waals surface area contributed by atoms with Crippen LogP contribution in [0.4, 0.5) is 4.39 Å². The van der Waals surface area contributed by atoms with Crippen molar-refractivity contribution in [2.24, 2.45) is 5.73 Å². The molecule has 0 amide bonds. The van der Waals surface area contributed by atoms with Crippen LogP contribution in [0.2, 0.25) is 0 Å². The highest BCUT2D eigenvalue weighted by atomic mass is 79.9. The van der Waals surface area contributed by atoms with E-state index in [0.29, 0.717) is 12.0 Å². The van der Waals surface area contributed by atoms with Gasteiger partial charge in [0.05, 0.1) is 0 Å². The molecule has 0 aromatic heterocycles. The van der Waals surface area contributed by atoms with E-state index < -0.39 is 0 Å². The molecule has 0 spiro atoms. The summed E-state index contributed by atoms with van der Waals surface area (Å²) in [6.07, 6.45) is 0.188. The molecular formula is C15H12Br2FNO. The Hall–Kier alpha value is -0.910. The van der Waals surface area contributed by atoms with Crippen LogP contribution in [0.5, 0.6) is 5.75 Å². The first-order valence-corrected chi connectivity index (χ1v) is 7.80. The van der Waals surface area contributed by atoms with Crippen LogP contribution in [0.3, 0.4) is 0 Å². The number of benzene rings is 2. The van der Waals surface area contributed by atoms with E-state index >= 15 is 0 Å². The first-order chi connectivity index (χ1) is 9.54. The summed E-state index contributed by atoms with van der Waals surface area (Å²) in [6, 6.07) is 10.4. The molecule has 5 heteroatoms. The minimum Gasteiger partial charge on any atom is -0.485 e. The molecule has 3 rings (SSSR count). The second-order valence-electron chi connectivity index (χ2n) is 4.80. The first kappa shape index (κ1) is 14.0. The molecule has 104 valence electrons. The molecule has 2 aromatic rings. The van der Waals surface area contributed by atoms with Crippen molar-refractivity contribution < 1.29 is 9.13 Å². The van der Waals surface area contributed by atoms with Crippen molar-refractivity contribution in [3.8, 4) is 5.75 Å². The van der Waals surface area contributed by atoms with Gasteiger partial charge in [-0.1, -0.05) is 31.9 Å². The minimum absolute atomic E-state index is 0.167. The van der Waals surface area contributed by atoms with Crippen LogP contribution in [-0.2, 0) is 0 Å². The van der Waals surface area contributed by atoms with E-state index in [4.69, 9.17) is 10.5 Å². The van der Waals surface area contributed by atoms with E-state index in [9.17, 15) is 4.39 Å². The highest BCUT2D eigenvalue weighted by Crippen LogP contribution is 2.41. The van der Waals surface area contributed by atoms with E-state index in [2.05, 4.69) is 31.9 Å². The van der Waals surface area contributed by atoms with Crippen molar-refractivity contribution in [1.82, 2.24) is 0 Å². The molecule has 0 aliphatic carbocycles. The number of halogens is 3. The normalized spacial score (nSPS) is 21.2. The third-order valence-corrected chi connectivity index (χ3v) is 4.40. The maximum absolute atomic E-state index is 14.0. The lowest BCUT2D eigenvalue weighted by Gasteiger charge is -2.31. The predicted octanol–water partition coefficient (Wildman–Crippen LogP) is 4.87. The molecule has 0 saturated heterocycles. The summed E-state index contributed by atoms with van der Waals surface area (Å²) in [6.45, 7) is 0. The summed E-state index contributed by atoms with van der Waals surface area (Å²) in [7, 11) is 0. The van der Waals surface area contributed by atoms with Gasteiger partial charge in [0.25, 0.3) is 0 Å². The summed E-state index contributed by atoms with van der Waals surface area (Å²) in [5.41, 5.74) is 7.68. The summed E-state index contributed by atoms with van der Waals surface area (Å²) in [5.74, 6) is 0.447. The van der Waals surface area contributed by atoms with Crippen LogP contribution >= 0.6 is 31.9 Å². The van der Waals surface area contributed by atoms with Gasteiger partial charge in [0.1, 0.15) is 17.7 Å². The van der Waals surface area contributed by atoms with E-state index in [1.54, 1.807) is 12.1 Å². The molecule has 2 nitrogen and oxygen atoms in total. The second-order valence-corrected chi connectivity index (χ2v) is 6.63. The Kier molecular flexibility index (Phi) is 3.84. The van der Waals surface area contributed by atoms with E-state index in [1.807, 2.05) is 18.2 Å². The Labute approximate surface area is 133 Å². The van der Waals surface area contributed by atoms with Crippen LogP contribution in [0.15, 0.2) is 45.3 Å². The molecule has 1 unspecified atom stereocenters. The van der Waals surface area contributed by atoms with Crippen LogP contribution in [0, 0.1) is 5.82 Å². The molecule has 0 saturated carbocycles. The lowest BCUT2D eigenvalue weighted by molar-refractivity contribution is 0.157. The topological polar surface area (TPSA) is 35.2 Å².